The van der Waals surface area contributed by atoms with Crippen LogP contribution >= 0.6 is 0 Å². The van der Waals surface area contributed by atoms with Gasteiger partial charge in [-0.1, -0.05) is 13.8 Å². The molecule has 0 aliphatic heterocycles. The molecular weight excluding hydrogens is 224 g/mol. The number of nitrogens with zero attached hydrogens (tertiary/aromatic N) is 1. The maximum Gasteiger partial charge on any atom is 0.245 e. The number of carbonyl (C=O) groups is 2. The summed E-state index contributed by atoms with van der Waals surface area (Å²) in [6, 6.07) is -0.877. The molecule has 3 N–H and O–H groups in total. The Kier molecular flexibility index (Phi) is 8.35. The number of hydrogen-bond donors (Lipinski definition) is 3. The van der Waals surface area contributed by atoms with Crippen LogP contribution in [0.3, 0.4) is 0 Å². The van der Waals surface area contributed by atoms with Crippen LogP contribution in [0.2, 0.25) is 0 Å². The van der Waals surface area contributed by atoms with Crippen LogP contribution < -0.4 is 5.32 Å². The Labute approximate surface area is 102 Å². The average Bonchev–Trinajstić information content (AvgIpc) is 2.30. The molecule has 0 spiro atoms. The quantitative estimate of drug-likeness (QED) is 0.233. The van der Waals surface area contributed by atoms with Gasteiger partial charge in [-0.3, -0.25) is 14.8 Å². The molecule has 0 aliphatic carbocycles. The molecule has 0 heterocycles. The number of hydrogen-bond acceptors (Lipinski definition) is 4. The van der Waals surface area contributed by atoms with Gasteiger partial charge in [0.1, 0.15) is 6.04 Å². The van der Waals surface area contributed by atoms with Crippen LogP contribution in [0.1, 0.15) is 33.1 Å². The second-order valence-electron chi connectivity index (χ2n) is 4.36. The Bertz CT molecular complexity index is 234. The lowest BCUT2D eigenvalue weighted by Crippen LogP contribution is -2.45. The van der Waals surface area contributed by atoms with Crippen molar-refractivity contribution in [3.8, 4) is 0 Å². The third kappa shape index (κ3) is 6.91. The standard InChI is InChI=1S/C11H22N2O4/c1-9(2)7-12-11(16)10(13(17)8-15)5-3-4-6-14/h8-10,14,17H,3-7H2,1-2H3,(H,12,16)/t10-/m1/s1. The van der Waals surface area contributed by atoms with E-state index in [9.17, 15) is 14.8 Å². The minimum Gasteiger partial charge on any atom is -0.396 e. The van der Waals surface area contributed by atoms with Crippen LogP contribution in [0, 0.1) is 5.92 Å². The molecule has 6 heteroatoms. The zero-order valence-corrected chi connectivity index (χ0v) is 10.4. The summed E-state index contributed by atoms with van der Waals surface area (Å²) in [5.74, 6) is -0.0633. The van der Waals surface area contributed by atoms with E-state index in [1.807, 2.05) is 13.8 Å². The van der Waals surface area contributed by atoms with Gasteiger partial charge in [0.25, 0.3) is 0 Å². The summed E-state index contributed by atoms with van der Waals surface area (Å²) in [7, 11) is 0. The minimum atomic E-state index is -0.877. The lowest BCUT2D eigenvalue weighted by Gasteiger charge is -2.22. The fourth-order valence-corrected chi connectivity index (χ4v) is 1.33. The number of rotatable bonds is 9. The van der Waals surface area contributed by atoms with Crippen molar-refractivity contribution in [1.82, 2.24) is 10.4 Å². The van der Waals surface area contributed by atoms with Crippen LogP contribution in [-0.2, 0) is 9.59 Å². The first-order chi connectivity index (χ1) is 8.02. The molecule has 0 aromatic carbocycles. The third-order valence-corrected chi connectivity index (χ3v) is 2.30. The maximum atomic E-state index is 11.7. The number of amides is 2. The van der Waals surface area contributed by atoms with Crippen LogP contribution in [0.5, 0.6) is 0 Å². The fourth-order valence-electron chi connectivity index (χ4n) is 1.33. The maximum absolute atomic E-state index is 11.7. The van der Waals surface area contributed by atoms with E-state index in [1.54, 1.807) is 0 Å². The van der Waals surface area contributed by atoms with Crippen molar-refractivity contribution in [1.29, 1.82) is 0 Å². The van der Waals surface area contributed by atoms with Crippen molar-refractivity contribution < 1.29 is 19.9 Å². The summed E-state index contributed by atoms with van der Waals surface area (Å²) >= 11 is 0. The van der Waals surface area contributed by atoms with E-state index >= 15 is 0 Å². The molecule has 0 aromatic rings. The molecule has 0 bridgehead atoms. The zero-order chi connectivity index (χ0) is 13.3. The lowest BCUT2D eigenvalue weighted by molar-refractivity contribution is -0.168. The van der Waals surface area contributed by atoms with Gasteiger partial charge in [0.2, 0.25) is 12.3 Å². The normalized spacial score (nSPS) is 12.3. The number of carbonyl (C=O) groups excluding carboxylic acids is 2. The molecule has 0 aliphatic rings. The molecule has 0 unspecified atom stereocenters. The molecule has 6 nitrogen and oxygen atoms in total. The highest BCUT2D eigenvalue weighted by atomic mass is 16.5. The summed E-state index contributed by atoms with van der Waals surface area (Å²) in [6.45, 7) is 4.45. The largest absolute Gasteiger partial charge is 0.396 e. The second-order valence-corrected chi connectivity index (χ2v) is 4.36. The Morgan fingerprint density at radius 2 is 2.06 bits per heavy atom. The summed E-state index contributed by atoms with van der Waals surface area (Å²) in [4.78, 5) is 22.2. The predicted molar refractivity (Wildman–Crippen MR) is 62.3 cm³/mol. The molecule has 0 saturated heterocycles. The van der Waals surface area contributed by atoms with Crippen LogP contribution in [0.4, 0.5) is 0 Å². The monoisotopic (exact) mass is 246 g/mol. The fraction of sp³-hybridized carbons (Fsp3) is 0.818. The first kappa shape index (κ1) is 15.9. The summed E-state index contributed by atoms with van der Waals surface area (Å²) in [5, 5.41) is 21.0. The Morgan fingerprint density at radius 3 is 2.53 bits per heavy atom. The topological polar surface area (TPSA) is 89.9 Å². The van der Waals surface area contributed by atoms with E-state index in [0.29, 0.717) is 36.8 Å². The van der Waals surface area contributed by atoms with Gasteiger partial charge >= 0.3 is 0 Å². The average molecular weight is 246 g/mol. The molecule has 0 fully saturated rings. The van der Waals surface area contributed by atoms with Gasteiger partial charge in [0, 0.05) is 13.2 Å². The van der Waals surface area contributed by atoms with Crippen LogP contribution in [0.15, 0.2) is 0 Å². The van der Waals surface area contributed by atoms with Crippen molar-refractivity contribution in [2.45, 2.75) is 39.2 Å². The highest BCUT2D eigenvalue weighted by Gasteiger charge is 2.23. The van der Waals surface area contributed by atoms with E-state index in [1.165, 1.54) is 0 Å². The van der Waals surface area contributed by atoms with Crippen molar-refractivity contribution >= 4 is 12.3 Å². The summed E-state index contributed by atoms with van der Waals surface area (Å²) in [5.41, 5.74) is 0. The van der Waals surface area contributed by atoms with Crippen LogP contribution in [0.25, 0.3) is 0 Å². The highest BCUT2D eigenvalue weighted by molar-refractivity contribution is 5.83. The number of aliphatic hydroxyl groups is 1. The van der Waals surface area contributed by atoms with Crippen LogP contribution in [-0.4, -0.2) is 46.9 Å². The Hall–Kier alpha value is -1.14. The third-order valence-electron chi connectivity index (χ3n) is 2.30. The Balaban J connectivity index is 4.24. The molecular formula is C11H22N2O4. The first-order valence-corrected chi connectivity index (χ1v) is 5.84. The molecule has 0 radical (unpaired) electrons. The van der Waals surface area contributed by atoms with Gasteiger partial charge in [0.05, 0.1) is 0 Å². The van der Waals surface area contributed by atoms with Gasteiger partial charge in [0.15, 0.2) is 0 Å². The molecule has 2 amide bonds. The summed E-state index contributed by atoms with van der Waals surface area (Å²) < 4.78 is 0. The van der Waals surface area contributed by atoms with Gasteiger partial charge in [-0.25, -0.2) is 5.06 Å². The zero-order valence-electron chi connectivity index (χ0n) is 10.4. The SMILES string of the molecule is CC(C)CNC(=O)[C@@H](CCCCO)N(O)C=O. The van der Waals surface area contributed by atoms with E-state index < -0.39 is 6.04 Å². The minimum absolute atomic E-state index is 0.0346. The van der Waals surface area contributed by atoms with Gasteiger partial charge in [-0.15, -0.1) is 0 Å². The van der Waals surface area contributed by atoms with Gasteiger partial charge in [-0.05, 0) is 25.2 Å². The molecule has 100 valence electrons. The van der Waals surface area contributed by atoms with Crippen molar-refractivity contribution in [3.05, 3.63) is 0 Å². The van der Waals surface area contributed by atoms with Gasteiger partial charge < -0.3 is 10.4 Å². The Morgan fingerprint density at radius 1 is 1.41 bits per heavy atom. The molecule has 1 atom stereocenters. The molecule has 0 aromatic heterocycles. The predicted octanol–water partition coefficient (Wildman–Crippen LogP) is 0.137. The summed E-state index contributed by atoms with van der Waals surface area (Å²) in [6.07, 6.45) is 1.67. The molecule has 17 heavy (non-hydrogen) atoms. The van der Waals surface area contributed by atoms with Crippen molar-refractivity contribution in [2.24, 2.45) is 5.92 Å². The number of nitrogens with one attached hydrogen (secondary N) is 1. The molecule has 0 saturated carbocycles. The lowest BCUT2D eigenvalue weighted by atomic mass is 10.1. The highest BCUT2D eigenvalue weighted by Crippen LogP contribution is 2.06. The second kappa shape index (κ2) is 8.95. The van der Waals surface area contributed by atoms with E-state index in [0.717, 1.165) is 0 Å². The van der Waals surface area contributed by atoms with Crippen molar-refractivity contribution in [3.63, 3.8) is 0 Å². The number of hydroxylamine groups is 2. The number of unbranched alkanes of at least 4 members (excludes halogenated alkanes) is 1. The molecule has 0 rings (SSSR count). The first-order valence-electron chi connectivity index (χ1n) is 5.84. The van der Waals surface area contributed by atoms with E-state index in [-0.39, 0.29) is 18.9 Å². The van der Waals surface area contributed by atoms with Crippen molar-refractivity contribution in [2.75, 3.05) is 13.2 Å². The van der Waals surface area contributed by atoms with E-state index in [2.05, 4.69) is 5.32 Å². The smallest absolute Gasteiger partial charge is 0.245 e. The number of aliphatic hydroxyl groups excluding tert-OH is 1. The van der Waals surface area contributed by atoms with Gasteiger partial charge in [-0.2, -0.15) is 0 Å². The van der Waals surface area contributed by atoms with E-state index in [4.69, 9.17) is 5.11 Å².